The van der Waals surface area contributed by atoms with E-state index in [1.165, 1.54) is 24.5 Å². The van der Waals surface area contributed by atoms with E-state index >= 15 is 0 Å². The molecule has 2 heterocycles. The minimum absolute atomic E-state index is 0. The molecule has 0 radical (unpaired) electrons. The number of carbonyl (C=O) groups is 1. The molecule has 4 rings (SSSR count). The van der Waals surface area contributed by atoms with Gasteiger partial charge < -0.3 is 29.8 Å². The third kappa shape index (κ3) is 8.60. The van der Waals surface area contributed by atoms with Gasteiger partial charge in [0.1, 0.15) is 29.1 Å². The van der Waals surface area contributed by atoms with Crippen LogP contribution < -0.4 is 20.1 Å². The Bertz CT molecular complexity index is 1530. The molecule has 42 heavy (non-hydrogen) atoms. The number of hydrogen-bond donors (Lipinski definition) is 3. The molecule has 4 aromatic rings. The first kappa shape index (κ1) is 32.7. The van der Waals surface area contributed by atoms with Crippen LogP contribution in [0.1, 0.15) is 20.3 Å². The van der Waals surface area contributed by atoms with Crippen LogP contribution in [0.25, 0.3) is 11.0 Å². The van der Waals surface area contributed by atoms with Gasteiger partial charge in [-0.1, -0.05) is 17.7 Å². The van der Waals surface area contributed by atoms with Crippen molar-refractivity contribution in [3.05, 3.63) is 66.1 Å². The van der Waals surface area contributed by atoms with Crippen molar-refractivity contribution in [2.75, 3.05) is 11.9 Å². The van der Waals surface area contributed by atoms with Crippen molar-refractivity contribution in [1.29, 1.82) is 0 Å². The SMILES string of the molecule is CC(C)(O)CC(=O)NCCn1ccc2ncnc(Nc3ccc(Oc4cccc(OC(F)(F)C(F)F)c4)c(Cl)c3)c21.Cl. The first-order valence-corrected chi connectivity index (χ1v) is 12.7. The smallest absolute Gasteiger partial charge is 0.456 e. The number of aliphatic hydroxyl groups is 1. The first-order chi connectivity index (χ1) is 19.3. The lowest BCUT2D eigenvalue weighted by Gasteiger charge is -2.17. The Morgan fingerprint density at radius 3 is 2.55 bits per heavy atom. The molecule has 0 saturated carbocycles. The van der Waals surface area contributed by atoms with Gasteiger partial charge in [0.05, 0.1) is 22.6 Å². The molecule has 0 bridgehead atoms. The molecule has 9 nitrogen and oxygen atoms in total. The standard InChI is InChI=1S/C27H26ClF4N5O4.ClH/c1-26(2,39)14-22(38)33-9-11-37-10-8-20-23(37)24(35-15-34-20)36-16-6-7-21(19(28)12-16)40-17-4-3-5-18(13-17)41-27(31,32)25(29)30;/h3-8,10,12-13,15,25,39H,9,11,14H2,1-2H3,(H,33,38)(H,34,35,36);1H. The van der Waals surface area contributed by atoms with Gasteiger partial charge >= 0.3 is 12.5 Å². The fourth-order valence-corrected chi connectivity index (χ4v) is 4.03. The average Bonchev–Trinajstić information content (AvgIpc) is 3.28. The van der Waals surface area contributed by atoms with Crippen LogP contribution in [0.5, 0.6) is 17.2 Å². The number of anilines is 2. The number of alkyl halides is 4. The van der Waals surface area contributed by atoms with Gasteiger partial charge in [-0.05, 0) is 50.2 Å². The van der Waals surface area contributed by atoms with E-state index in [1.54, 1.807) is 32.0 Å². The van der Waals surface area contributed by atoms with Crippen LogP contribution >= 0.6 is 24.0 Å². The second-order valence-electron chi connectivity index (χ2n) is 9.62. The highest BCUT2D eigenvalue weighted by Gasteiger charge is 2.44. The summed E-state index contributed by atoms with van der Waals surface area (Å²) in [6.45, 7) is 3.85. The maximum absolute atomic E-state index is 13.3. The monoisotopic (exact) mass is 631 g/mol. The lowest BCUT2D eigenvalue weighted by Crippen LogP contribution is -2.33. The normalized spacial score (nSPS) is 11.7. The molecule has 0 aliphatic rings. The summed E-state index contributed by atoms with van der Waals surface area (Å²) in [5, 5.41) is 15.9. The molecular weight excluding hydrogens is 605 g/mol. The average molecular weight is 632 g/mol. The van der Waals surface area contributed by atoms with E-state index in [-0.39, 0.29) is 41.3 Å². The van der Waals surface area contributed by atoms with Crippen molar-refractivity contribution in [3.63, 3.8) is 0 Å². The van der Waals surface area contributed by atoms with Gasteiger partial charge in [0.2, 0.25) is 5.91 Å². The zero-order chi connectivity index (χ0) is 29.8. The Morgan fingerprint density at radius 2 is 1.86 bits per heavy atom. The molecule has 0 unspecified atom stereocenters. The third-order valence-corrected chi connectivity index (χ3v) is 5.85. The molecule has 0 aliphatic heterocycles. The van der Waals surface area contributed by atoms with Crippen LogP contribution in [0.3, 0.4) is 0 Å². The Hall–Kier alpha value is -3.81. The van der Waals surface area contributed by atoms with Crippen molar-refractivity contribution < 1.29 is 36.9 Å². The number of halogens is 6. The molecule has 2 aromatic heterocycles. The highest BCUT2D eigenvalue weighted by molar-refractivity contribution is 6.32. The van der Waals surface area contributed by atoms with Gasteiger partial charge in [-0.3, -0.25) is 4.79 Å². The molecule has 226 valence electrons. The van der Waals surface area contributed by atoms with Gasteiger partial charge in [-0.2, -0.15) is 17.6 Å². The van der Waals surface area contributed by atoms with E-state index in [0.717, 1.165) is 12.1 Å². The van der Waals surface area contributed by atoms with E-state index in [9.17, 15) is 27.5 Å². The van der Waals surface area contributed by atoms with Crippen LogP contribution in [-0.2, 0) is 11.3 Å². The lowest BCUT2D eigenvalue weighted by molar-refractivity contribution is -0.253. The molecule has 0 aliphatic carbocycles. The van der Waals surface area contributed by atoms with Crippen LogP contribution in [0, 0.1) is 0 Å². The summed E-state index contributed by atoms with van der Waals surface area (Å²) in [6.07, 6.45) is -5.46. The summed E-state index contributed by atoms with van der Waals surface area (Å²) in [7, 11) is 0. The molecule has 0 fully saturated rings. The minimum Gasteiger partial charge on any atom is -0.456 e. The third-order valence-electron chi connectivity index (χ3n) is 5.55. The molecule has 3 N–H and O–H groups in total. The van der Waals surface area contributed by atoms with Crippen LogP contribution in [0.4, 0.5) is 29.1 Å². The summed E-state index contributed by atoms with van der Waals surface area (Å²) in [6, 6.07) is 11.4. The number of carbonyl (C=O) groups excluding carboxylic acids is 1. The minimum atomic E-state index is -4.65. The Kier molecular flexibility index (Phi) is 10.5. The topological polar surface area (TPSA) is 111 Å². The second kappa shape index (κ2) is 13.4. The number of rotatable bonds is 12. The van der Waals surface area contributed by atoms with Crippen molar-refractivity contribution >= 4 is 52.5 Å². The highest BCUT2D eigenvalue weighted by Crippen LogP contribution is 2.35. The van der Waals surface area contributed by atoms with Gasteiger partial charge in [0.25, 0.3) is 0 Å². The summed E-state index contributed by atoms with van der Waals surface area (Å²) < 4.78 is 63.0. The van der Waals surface area contributed by atoms with E-state index in [0.29, 0.717) is 35.6 Å². The molecular formula is C27H27Cl2F4N5O4. The Labute approximate surface area is 249 Å². The number of benzene rings is 2. The van der Waals surface area contributed by atoms with Crippen molar-refractivity contribution in [1.82, 2.24) is 19.9 Å². The summed E-state index contributed by atoms with van der Waals surface area (Å²) in [5.41, 5.74) is 0.778. The van der Waals surface area contributed by atoms with Gasteiger partial charge in [0, 0.05) is 31.0 Å². The zero-order valence-electron chi connectivity index (χ0n) is 22.3. The van der Waals surface area contributed by atoms with Crippen LogP contribution in [0.2, 0.25) is 5.02 Å². The predicted octanol–water partition coefficient (Wildman–Crippen LogP) is 6.56. The number of fused-ring (bicyclic) bond motifs is 1. The van der Waals surface area contributed by atoms with Crippen molar-refractivity contribution in [2.45, 2.75) is 44.9 Å². The second-order valence-corrected chi connectivity index (χ2v) is 10.0. The summed E-state index contributed by atoms with van der Waals surface area (Å²) >= 11 is 6.39. The first-order valence-electron chi connectivity index (χ1n) is 12.3. The molecule has 0 atom stereocenters. The number of nitrogens with one attached hydrogen (secondary N) is 2. The van der Waals surface area contributed by atoms with Crippen molar-refractivity contribution in [2.24, 2.45) is 0 Å². The Morgan fingerprint density at radius 1 is 1.12 bits per heavy atom. The quantitative estimate of drug-likeness (QED) is 0.152. The van der Waals surface area contributed by atoms with E-state index in [2.05, 4.69) is 25.3 Å². The van der Waals surface area contributed by atoms with Crippen LogP contribution in [-0.4, -0.2) is 50.2 Å². The fourth-order valence-electron chi connectivity index (χ4n) is 3.81. The zero-order valence-corrected chi connectivity index (χ0v) is 23.9. The van der Waals surface area contributed by atoms with E-state index in [4.69, 9.17) is 16.3 Å². The molecule has 2 aromatic carbocycles. The molecule has 0 saturated heterocycles. The maximum Gasteiger partial charge on any atom is 0.461 e. The van der Waals surface area contributed by atoms with Gasteiger partial charge in [-0.25, -0.2) is 9.97 Å². The lowest BCUT2D eigenvalue weighted by atomic mass is 10.1. The predicted molar refractivity (Wildman–Crippen MR) is 152 cm³/mol. The molecule has 1 amide bonds. The fraction of sp³-hybridized carbons (Fsp3) is 0.296. The number of amides is 1. The summed E-state index contributed by atoms with van der Waals surface area (Å²) in [5.74, 6) is -0.0915. The number of ether oxygens (including phenoxy) is 2. The van der Waals surface area contributed by atoms with Gasteiger partial charge in [0.15, 0.2) is 5.82 Å². The number of hydrogen-bond acceptors (Lipinski definition) is 7. The molecule has 0 spiro atoms. The van der Waals surface area contributed by atoms with Gasteiger partial charge in [-0.15, -0.1) is 12.4 Å². The Balaban J connectivity index is 0.00000484. The molecule has 15 heteroatoms. The highest BCUT2D eigenvalue weighted by atomic mass is 35.5. The largest absolute Gasteiger partial charge is 0.461 e. The van der Waals surface area contributed by atoms with E-state index in [1.807, 2.05) is 10.8 Å². The summed E-state index contributed by atoms with van der Waals surface area (Å²) in [4.78, 5) is 20.6. The van der Waals surface area contributed by atoms with Crippen molar-refractivity contribution in [3.8, 4) is 17.2 Å². The van der Waals surface area contributed by atoms with Crippen LogP contribution in [0.15, 0.2) is 61.1 Å². The maximum atomic E-state index is 13.3. The van der Waals surface area contributed by atoms with E-state index < -0.39 is 23.9 Å². The number of aromatic nitrogens is 3. The number of nitrogens with zero attached hydrogens (tertiary/aromatic N) is 3.